The number of carbonyl (C=O) groups is 1. The van der Waals surface area contributed by atoms with E-state index in [4.69, 9.17) is 5.11 Å². The smallest absolute Gasteiger partial charge is 0.309 e. The van der Waals surface area contributed by atoms with Crippen molar-refractivity contribution >= 4 is 17.7 Å². The maximum absolute atomic E-state index is 10.4. The first-order valence-electron chi connectivity index (χ1n) is 3.66. The second-order valence-corrected chi connectivity index (χ2v) is 3.66. The molecule has 0 amide bonds. The Balaban J connectivity index is 2.27. The van der Waals surface area contributed by atoms with Crippen LogP contribution in [0.2, 0.25) is 0 Å². The molecule has 0 atom stereocenters. The van der Waals surface area contributed by atoms with Gasteiger partial charge >= 0.3 is 5.97 Å². The van der Waals surface area contributed by atoms with Crippen molar-refractivity contribution in [1.29, 1.82) is 0 Å². The van der Waals surface area contributed by atoms with Crippen molar-refractivity contribution in [1.82, 2.24) is 9.55 Å². The van der Waals surface area contributed by atoms with Gasteiger partial charge in [-0.2, -0.15) is 0 Å². The molecule has 0 saturated heterocycles. The van der Waals surface area contributed by atoms with E-state index in [0.717, 1.165) is 23.1 Å². The van der Waals surface area contributed by atoms with Gasteiger partial charge < -0.3 is 9.67 Å². The Morgan fingerprint density at radius 2 is 2.67 bits per heavy atom. The second-order valence-electron chi connectivity index (χ2n) is 2.60. The minimum atomic E-state index is -0.797. The van der Waals surface area contributed by atoms with E-state index in [2.05, 4.69) is 4.98 Å². The Morgan fingerprint density at radius 1 is 1.83 bits per heavy atom. The van der Waals surface area contributed by atoms with Gasteiger partial charge in [0.1, 0.15) is 0 Å². The Hall–Kier alpha value is -0.970. The lowest BCUT2D eigenvalue weighted by Gasteiger charge is -1.99. The summed E-state index contributed by atoms with van der Waals surface area (Å²) in [7, 11) is 0. The number of fused-ring (bicyclic) bond motifs is 1. The zero-order valence-corrected chi connectivity index (χ0v) is 7.17. The van der Waals surface area contributed by atoms with Crippen molar-refractivity contribution in [3.05, 3.63) is 11.9 Å². The highest BCUT2D eigenvalue weighted by atomic mass is 32.2. The summed E-state index contributed by atoms with van der Waals surface area (Å²) in [6.45, 7) is 0.891. The highest BCUT2D eigenvalue weighted by Crippen LogP contribution is 2.25. The van der Waals surface area contributed by atoms with Crippen LogP contribution in [0.3, 0.4) is 0 Å². The summed E-state index contributed by atoms with van der Waals surface area (Å²) in [6, 6.07) is 0. The van der Waals surface area contributed by atoms with E-state index in [1.807, 2.05) is 4.57 Å². The number of aliphatic carboxylic acids is 1. The fourth-order valence-electron chi connectivity index (χ4n) is 1.27. The zero-order valence-electron chi connectivity index (χ0n) is 6.36. The fraction of sp³-hybridized carbons (Fsp3) is 0.429. The number of hydrogen-bond acceptors (Lipinski definition) is 3. The predicted octanol–water partition coefficient (Wildman–Crippen LogP) is 0.616. The molecule has 5 heteroatoms. The Kier molecular flexibility index (Phi) is 1.80. The van der Waals surface area contributed by atoms with Crippen LogP contribution in [0.4, 0.5) is 0 Å². The number of carboxylic acid groups (broad SMARTS) is 1. The Bertz CT molecular complexity index is 321. The van der Waals surface area contributed by atoms with E-state index in [1.54, 1.807) is 18.0 Å². The molecule has 1 aromatic heterocycles. The Labute approximate surface area is 73.6 Å². The topological polar surface area (TPSA) is 55.1 Å². The van der Waals surface area contributed by atoms with Gasteiger partial charge in [-0.25, -0.2) is 4.98 Å². The molecule has 0 saturated carbocycles. The summed E-state index contributed by atoms with van der Waals surface area (Å²) >= 11 is 1.67. The van der Waals surface area contributed by atoms with Crippen molar-refractivity contribution in [2.75, 3.05) is 5.75 Å². The SMILES string of the molecule is O=C(O)Cc1cnc2n1CCS2. The van der Waals surface area contributed by atoms with E-state index in [0.29, 0.717) is 0 Å². The van der Waals surface area contributed by atoms with Crippen LogP contribution < -0.4 is 0 Å². The average molecular weight is 184 g/mol. The van der Waals surface area contributed by atoms with Gasteiger partial charge in [0.05, 0.1) is 6.42 Å². The van der Waals surface area contributed by atoms with Crippen LogP contribution >= 0.6 is 11.8 Å². The van der Waals surface area contributed by atoms with Crippen LogP contribution in [-0.4, -0.2) is 26.4 Å². The molecule has 0 fully saturated rings. The number of hydrogen-bond donors (Lipinski definition) is 1. The lowest BCUT2D eigenvalue weighted by molar-refractivity contribution is -0.136. The molecule has 1 aromatic rings. The largest absolute Gasteiger partial charge is 0.481 e. The molecule has 0 unspecified atom stereocenters. The number of carboxylic acids is 1. The standard InChI is InChI=1S/C7H8N2O2S/c10-6(11)3-5-4-8-7-9(5)1-2-12-7/h4H,1-3H2,(H,10,11). The summed E-state index contributed by atoms with van der Waals surface area (Å²) in [4.78, 5) is 14.5. The molecular formula is C7H8N2O2S. The molecule has 0 radical (unpaired) electrons. The molecule has 0 bridgehead atoms. The van der Waals surface area contributed by atoms with Crippen LogP contribution in [0.25, 0.3) is 0 Å². The third-order valence-corrected chi connectivity index (χ3v) is 2.75. The first kappa shape index (κ1) is 7.67. The normalized spacial score (nSPS) is 14.7. The van der Waals surface area contributed by atoms with Gasteiger partial charge in [0.25, 0.3) is 0 Å². The molecule has 64 valence electrons. The van der Waals surface area contributed by atoms with E-state index < -0.39 is 5.97 Å². The quantitative estimate of drug-likeness (QED) is 0.732. The van der Waals surface area contributed by atoms with E-state index >= 15 is 0 Å². The number of rotatable bonds is 2. The van der Waals surface area contributed by atoms with Gasteiger partial charge in [0, 0.05) is 24.2 Å². The van der Waals surface area contributed by atoms with Crippen LogP contribution in [0, 0.1) is 0 Å². The van der Waals surface area contributed by atoms with Gasteiger partial charge in [-0.05, 0) is 0 Å². The predicted molar refractivity (Wildman–Crippen MR) is 44.3 cm³/mol. The van der Waals surface area contributed by atoms with Gasteiger partial charge in [0.2, 0.25) is 0 Å². The minimum absolute atomic E-state index is 0.0769. The van der Waals surface area contributed by atoms with Gasteiger partial charge in [0.15, 0.2) is 5.16 Å². The van der Waals surface area contributed by atoms with E-state index in [-0.39, 0.29) is 6.42 Å². The molecule has 0 aromatic carbocycles. The third kappa shape index (κ3) is 1.20. The first-order chi connectivity index (χ1) is 5.77. The minimum Gasteiger partial charge on any atom is -0.481 e. The van der Waals surface area contributed by atoms with Crippen molar-refractivity contribution in [3.63, 3.8) is 0 Å². The molecule has 0 spiro atoms. The average Bonchev–Trinajstić information content (AvgIpc) is 2.52. The van der Waals surface area contributed by atoms with Crippen LogP contribution in [0.1, 0.15) is 5.69 Å². The van der Waals surface area contributed by atoms with Gasteiger partial charge in [-0.1, -0.05) is 11.8 Å². The van der Waals surface area contributed by atoms with E-state index in [9.17, 15) is 4.79 Å². The van der Waals surface area contributed by atoms with Gasteiger partial charge in [-0.15, -0.1) is 0 Å². The van der Waals surface area contributed by atoms with Crippen LogP contribution in [-0.2, 0) is 17.8 Å². The highest BCUT2D eigenvalue weighted by molar-refractivity contribution is 7.99. The molecule has 4 nitrogen and oxygen atoms in total. The molecule has 1 aliphatic heterocycles. The number of thioether (sulfide) groups is 1. The lowest BCUT2D eigenvalue weighted by Crippen LogP contribution is -2.06. The van der Waals surface area contributed by atoms with E-state index in [1.165, 1.54) is 0 Å². The number of aromatic nitrogens is 2. The molecule has 2 heterocycles. The fourth-order valence-corrected chi connectivity index (χ4v) is 2.22. The summed E-state index contributed by atoms with van der Waals surface area (Å²) in [5, 5.41) is 9.52. The molecule has 0 aliphatic carbocycles. The molecule has 2 rings (SSSR count). The molecule has 1 N–H and O–H groups in total. The van der Waals surface area contributed by atoms with Crippen molar-refractivity contribution in [3.8, 4) is 0 Å². The van der Waals surface area contributed by atoms with Crippen molar-refractivity contribution < 1.29 is 9.90 Å². The molecule has 1 aliphatic rings. The summed E-state index contributed by atoms with van der Waals surface area (Å²) in [5.74, 6) is 0.213. The maximum Gasteiger partial charge on any atom is 0.309 e. The summed E-state index contributed by atoms with van der Waals surface area (Å²) in [5.41, 5.74) is 0.808. The summed E-state index contributed by atoms with van der Waals surface area (Å²) < 4.78 is 1.97. The third-order valence-electron chi connectivity index (χ3n) is 1.78. The maximum atomic E-state index is 10.4. The molecule has 12 heavy (non-hydrogen) atoms. The van der Waals surface area contributed by atoms with Crippen LogP contribution in [0.15, 0.2) is 11.4 Å². The number of nitrogens with zero attached hydrogens (tertiary/aromatic N) is 2. The highest BCUT2D eigenvalue weighted by Gasteiger charge is 2.17. The second kappa shape index (κ2) is 2.82. The summed E-state index contributed by atoms with van der Waals surface area (Å²) in [6.07, 6.45) is 1.73. The van der Waals surface area contributed by atoms with Crippen molar-refractivity contribution in [2.45, 2.75) is 18.1 Å². The number of imidazole rings is 1. The lowest BCUT2D eigenvalue weighted by atomic mass is 10.3. The molecular weight excluding hydrogens is 176 g/mol. The zero-order chi connectivity index (χ0) is 8.55. The van der Waals surface area contributed by atoms with Gasteiger partial charge in [-0.3, -0.25) is 4.79 Å². The Morgan fingerprint density at radius 3 is 3.42 bits per heavy atom. The van der Waals surface area contributed by atoms with Crippen molar-refractivity contribution in [2.24, 2.45) is 0 Å². The van der Waals surface area contributed by atoms with Crippen LogP contribution in [0.5, 0.6) is 0 Å². The monoisotopic (exact) mass is 184 g/mol. The first-order valence-corrected chi connectivity index (χ1v) is 4.65.